The van der Waals surface area contributed by atoms with Crippen LogP contribution >= 0.6 is 0 Å². The van der Waals surface area contributed by atoms with Gasteiger partial charge in [0.1, 0.15) is 5.78 Å². The maximum atomic E-state index is 11.8. The number of hydrogen-bond acceptors (Lipinski definition) is 2. The summed E-state index contributed by atoms with van der Waals surface area (Å²) in [5, 5.41) is 0. The lowest BCUT2D eigenvalue weighted by Gasteiger charge is -2.54. The highest BCUT2D eigenvalue weighted by Gasteiger charge is 2.55. The first kappa shape index (κ1) is 7.98. The van der Waals surface area contributed by atoms with Gasteiger partial charge in [-0.15, -0.1) is 0 Å². The molecule has 0 spiro atoms. The monoisotopic (exact) mass is 180 g/mol. The number of ketones is 1. The first-order chi connectivity index (χ1) is 6.22. The summed E-state index contributed by atoms with van der Waals surface area (Å²) in [6.45, 7) is 0. The van der Waals surface area contributed by atoms with Crippen molar-refractivity contribution < 1.29 is 9.53 Å². The molecule has 4 saturated carbocycles. The number of carbonyl (C=O) groups excluding carboxylic acids is 1. The predicted octanol–water partition coefficient (Wildman–Crippen LogP) is 1.78. The summed E-state index contributed by atoms with van der Waals surface area (Å²) in [6.07, 6.45) is 5.54. The van der Waals surface area contributed by atoms with E-state index in [4.69, 9.17) is 4.74 Å². The highest BCUT2D eigenvalue weighted by Crippen LogP contribution is 2.55. The number of hydrogen-bond donors (Lipinski definition) is 0. The zero-order chi connectivity index (χ0) is 9.05. The molecule has 72 valence electrons. The lowest BCUT2D eigenvalue weighted by atomic mass is 9.53. The van der Waals surface area contributed by atoms with E-state index in [1.165, 1.54) is 6.42 Å². The fourth-order valence-corrected chi connectivity index (χ4v) is 3.93. The Labute approximate surface area is 78.6 Å². The van der Waals surface area contributed by atoms with E-state index in [1.807, 2.05) is 7.11 Å². The smallest absolute Gasteiger partial charge is 0.139 e. The molecule has 0 aromatic carbocycles. The van der Waals surface area contributed by atoms with E-state index in [0.29, 0.717) is 17.6 Å². The number of methoxy groups -OCH3 is 1. The summed E-state index contributed by atoms with van der Waals surface area (Å²) in [4.78, 5) is 11.8. The molecule has 4 bridgehead atoms. The largest absolute Gasteiger partial charge is 0.378 e. The molecule has 4 rings (SSSR count). The van der Waals surface area contributed by atoms with Gasteiger partial charge in [-0.1, -0.05) is 0 Å². The summed E-state index contributed by atoms with van der Waals surface area (Å²) < 4.78 is 5.65. The zero-order valence-electron chi connectivity index (χ0n) is 8.08. The fraction of sp³-hybridized carbons (Fsp3) is 0.909. The average molecular weight is 180 g/mol. The molecule has 0 radical (unpaired) electrons. The summed E-state index contributed by atoms with van der Waals surface area (Å²) >= 11 is 0. The summed E-state index contributed by atoms with van der Waals surface area (Å²) in [7, 11) is 1.82. The molecule has 0 saturated heterocycles. The van der Waals surface area contributed by atoms with Crippen LogP contribution < -0.4 is 0 Å². The third-order valence-electron chi connectivity index (χ3n) is 4.37. The van der Waals surface area contributed by atoms with Crippen LogP contribution in [-0.2, 0) is 9.53 Å². The Balaban J connectivity index is 1.96. The Morgan fingerprint density at radius 1 is 1.23 bits per heavy atom. The van der Waals surface area contributed by atoms with E-state index in [1.54, 1.807) is 0 Å². The van der Waals surface area contributed by atoms with Crippen LogP contribution in [0.1, 0.15) is 32.1 Å². The molecule has 0 aromatic heterocycles. The maximum absolute atomic E-state index is 11.8. The lowest BCUT2D eigenvalue weighted by molar-refractivity contribution is -0.168. The predicted molar refractivity (Wildman–Crippen MR) is 48.3 cm³/mol. The van der Waals surface area contributed by atoms with Crippen LogP contribution in [0.3, 0.4) is 0 Å². The Morgan fingerprint density at radius 2 is 1.85 bits per heavy atom. The van der Waals surface area contributed by atoms with Gasteiger partial charge >= 0.3 is 0 Å². The summed E-state index contributed by atoms with van der Waals surface area (Å²) in [5.74, 6) is 2.04. The zero-order valence-corrected chi connectivity index (χ0v) is 8.08. The van der Waals surface area contributed by atoms with Gasteiger partial charge in [-0.3, -0.25) is 4.79 Å². The van der Waals surface area contributed by atoms with Crippen molar-refractivity contribution in [3.05, 3.63) is 0 Å². The molecule has 4 aliphatic rings. The Morgan fingerprint density at radius 3 is 2.38 bits per heavy atom. The van der Waals surface area contributed by atoms with Crippen molar-refractivity contribution in [1.82, 2.24) is 0 Å². The van der Waals surface area contributed by atoms with Crippen molar-refractivity contribution in [2.75, 3.05) is 7.11 Å². The quantitative estimate of drug-likeness (QED) is 0.615. The second kappa shape index (κ2) is 2.35. The number of rotatable bonds is 1. The van der Waals surface area contributed by atoms with E-state index >= 15 is 0 Å². The molecular weight excluding hydrogens is 164 g/mol. The standard InChI is InChI=1S/C11H16O2/c1-13-11-4-7-2-8(5-11)10(12)9(3-7)6-11/h7-9H,2-6H2,1H3. The number of ether oxygens (including phenoxy) is 1. The van der Waals surface area contributed by atoms with Crippen molar-refractivity contribution in [3.8, 4) is 0 Å². The van der Waals surface area contributed by atoms with Crippen LogP contribution in [0.2, 0.25) is 0 Å². The maximum Gasteiger partial charge on any atom is 0.139 e. The molecule has 2 heteroatoms. The topological polar surface area (TPSA) is 26.3 Å². The molecule has 4 aliphatic carbocycles. The first-order valence-corrected chi connectivity index (χ1v) is 5.31. The second-order valence-electron chi connectivity index (χ2n) is 5.13. The van der Waals surface area contributed by atoms with Gasteiger partial charge in [-0.2, -0.15) is 0 Å². The normalized spacial score (nSPS) is 53.0. The van der Waals surface area contributed by atoms with Gasteiger partial charge in [-0.05, 0) is 38.0 Å². The molecular formula is C11H16O2. The van der Waals surface area contributed by atoms with E-state index in [9.17, 15) is 4.79 Å². The number of Topliss-reactive ketones (excluding diaryl/α,β-unsaturated/α-hetero) is 1. The van der Waals surface area contributed by atoms with Crippen LogP contribution in [0.5, 0.6) is 0 Å². The molecule has 0 aliphatic heterocycles. The molecule has 4 fully saturated rings. The van der Waals surface area contributed by atoms with Crippen molar-refractivity contribution in [3.63, 3.8) is 0 Å². The lowest BCUT2D eigenvalue weighted by Crippen LogP contribution is -2.55. The minimum Gasteiger partial charge on any atom is -0.378 e. The van der Waals surface area contributed by atoms with Gasteiger partial charge < -0.3 is 4.74 Å². The van der Waals surface area contributed by atoms with Crippen molar-refractivity contribution >= 4 is 5.78 Å². The van der Waals surface area contributed by atoms with Crippen LogP contribution in [0, 0.1) is 17.8 Å². The molecule has 2 unspecified atom stereocenters. The SMILES string of the molecule is COC12CC3CC(C1)C(=O)C(C3)C2. The Kier molecular flexibility index (Phi) is 1.44. The fourth-order valence-electron chi connectivity index (χ4n) is 3.93. The van der Waals surface area contributed by atoms with Gasteiger partial charge in [0.2, 0.25) is 0 Å². The van der Waals surface area contributed by atoms with Crippen LogP contribution in [0.25, 0.3) is 0 Å². The van der Waals surface area contributed by atoms with E-state index in [0.717, 1.165) is 31.6 Å². The molecule has 0 aromatic rings. The van der Waals surface area contributed by atoms with Crippen LogP contribution in [0.4, 0.5) is 0 Å². The third kappa shape index (κ3) is 0.954. The Hall–Kier alpha value is -0.370. The van der Waals surface area contributed by atoms with E-state index in [2.05, 4.69) is 0 Å². The minimum absolute atomic E-state index is 0.102. The van der Waals surface area contributed by atoms with Crippen molar-refractivity contribution in [2.45, 2.75) is 37.7 Å². The van der Waals surface area contributed by atoms with Crippen molar-refractivity contribution in [2.24, 2.45) is 17.8 Å². The third-order valence-corrected chi connectivity index (χ3v) is 4.37. The van der Waals surface area contributed by atoms with Gasteiger partial charge in [0, 0.05) is 18.9 Å². The van der Waals surface area contributed by atoms with Gasteiger partial charge in [0.25, 0.3) is 0 Å². The average Bonchev–Trinajstić information content (AvgIpc) is 2.13. The molecule has 2 nitrogen and oxygen atoms in total. The molecule has 0 heterocycles. The van der Waals surface area contributed by atoms with Crippen LogP contribution in [-0.4, -0.2) is 18.5 Å². The summed E-state index contributed by atoms with van der Waals surface area (Å²) in [5.41, 5.74) is 0.102. The Bertz CT molecular complexity index is 241. The van der Waals surface area contributed by atoms with Gasteiger partial charge in [0.05, 0.1) is 5.60 Å². The van der Waals surface area contributed by atoms with Gasteiger partial charge in [0.15, 0.2) is 0 Å². The van der Waals surface area contributed by atoms with E-state index < -0.39 is 0 Å². The van der Waals surface area contributed by atoms with Crippen molar-refractivity contribution in [1.29, 1.82) is 0 Å². The molecule has 0 amide bonds. The highest BCUT2D eigenvalue weighted by atomic mass is 16.5. The molecule has 0 N–H and O–H groups in total. The second-order valence-corrected chi connectivity index (χ2v) is 5.13. The minimum atomic E-state index is 0.102. The van der Waals surface area contributed by atoms with E-state index in [-0.39, 0.29) is 5.60 Å². The summed E-state index contributed by atoms with van der Waals surface area (Å²) in [6, 6.07) is 0. The highest BCUT2D eigenvalue weighted by molar-refractivity contribution is 5.85. The van der Waals surface area contributed by atoms with Crippen LogP contribution in [0.15, 0.2) is 0 Å². The molecule has 2 atom stereocenters. The molecule has 13 heavy (non-hydrogen) atoms. The first-order valence-electron chi connectivity index (χ1n) is 5.31. The number of carbonyl (C=O) groups is 1. The van der Waals surface area contributed by atoms with Gasteiger partial charge in [-0.25, -0.2) is 0 Å².